The molecular weight excluding hydrogens is 170 g/mol. The smallest absolute Gasteiger partial charge is 0.375 e. The molecule has 1 aromatic heterocycles. The minimum atomic E-state index is -0.512. The van der Waals surface area contributed by atoms with Crippen LogP contribution in [0.5, 0.6) is 6.01 Å². The zero-order valence-corrected chi connectivity index (χ0v) is 7.92. The van der Waals surface area contributed by atoms with E-state index in [2.05, 4.69) is 15.3 Å². The topological polar surface area (TPSA) is 67.0 Å². The summed E-state index contributed by atoms with van der Waals surface area (Å²) in [5.74, 6) is 0. The molecule has 1 heterocycles. The monoisotopic (exact) mass is 183 g/mol. The molecule has 0 saturated carbocycles. The first kappa shape index (κ1) is 9.57. The number of aromatic nitrogens is 2. The average molecular weight is 183 g/mol. The molecule has 1 rings (SSSR count). The number of H-pyrrole nitrogens is 1. The van der Waals surface area contributed by atoms with Crippen molar-refractivity contribution < 1.29 is 9.53 Å². The van der Waals surface area contributed by atoms with Crippen LogP contribution in [0.25, 0.3) is 0 Å². The van der Waals surface area contributed by atoms with Crippen molar-refractivity contribution in [3.05, 3.63) is 12.4 Å². The summed E-state index contributed by atoms with van der Waals surface area (Å²) in [4.78, 5) is 17.5. The molecule has 0 radical (unpaired) electrons. The van der Waals surface area contributed by atoms with Gasteiger partial charge < -0.3 is 15.0 Å². The summed E-state index contributed by atoms with van der Waals surface area (Å²) in [7, 11) is 0. The van der Waals surface area contributed by atoms with E-state index >= 15 is 0 Å². The van der Waals surface area contributed by atoms with Crippen LogP contribution in [0.1, 0.15) is 20.8 Å². The second kappa shape index (κ2) is 3.47. The highest BCUT2D eigenvalue weighted by molar-refractivity contribution is 5.70. The number of amides is 1. The van der Waals surface area contributed by atoms with Crippen LogP contribution in [0.15, 0.2) is 12.4 Å². The summed E-state index contributed by atoms with van der Waals surface area (Å²) in [5, 5.41) is 2.64. The van der Waals surface area contributed by atoms with Gasteiger partial charge in [0.2, 0.25) is 0 Å². The number of hydrogen-bond donors (Lipinski definition) is 2. The number of aromatic amines is 1. The Balaban J connectivity index is 2.43. The maximum Gasteiger partial charge on any atom is 0.415 e. The highest BCUT2D eigenvalue weighted by Gasteiger charge is 2.15. The molecule has 0 fully saturated rings. The van der Waals surface area contributed by atoms with E-state index in [0.29, 0.717) is 0 Å². The molecule has 0 aliphatic rings. The molecule has 0 aromatic carbocycles. The zero-order valence-electron chi connectivity index (χ0n) is 7.92. The molecule has 0 unspecified atom stereocenters. The van der Waals surface area contributed by atoms with Crippen LogP contribution < -0.4 is 10.1 Å². The van der Waals surface area contributed by atoms with Gasteiger partial charge >= 0.3 is 12.1 Å². The van der Waals surface area contributed by atoms with E-state index in [1.54, 1.807) is 6.20 Å². The zero-order chi connectivity index (χ0) is 9.90. The third-order valence-corrected chi connectivity index (χ3v) is 1.14. The van der Waals surface area contributed by atoms with Crippen molar-refractivity contribution in [2.24, 2.45) is 0 Å². The van der Waals surface area contributed by atoms with Crippen LogP contribution >= 0.6 is 0 Å². The molecule has 0 aliphatic carbocycles. The van der Waals surface area contributed by atoms with Gasteiger partial charge in [0.15, 0.2) is 0 Å². The molecule has 0 bridgehead atoms. The van der Waals surface area contributed by atoms with Gasteiger partial charge in [-0.2, -0.15) is 0 Å². The van der Waals surface area contributed by atoms with Crippen molar-refractivity contribution in [3.8, 4) is 6.01 Å². The molecule has 0 spiro atoms. The summed E-state index contributed by atoms with van der Waals surface area (Å²) >= 11 is 0. The summed E-state index contributed by atoms with van der Waals surface area (Å²) in [6.45, 7) is 5.61. The maximum absolute atomic E-state index is 11.1. The lowest BCUT2D eigenvalue weighted by atomic mass is 10.1. The average Bonchev–Trinajstić information content (AvgIpc) is 2.34. The van der Waals surface area contributed by atoms with E-state index in [9.17, 15) is 4.79 Å². The third-order valence-electron chi connectivity index (χ3n) is 1.14. The normalized spacial score (nSPS) is 11.0. The standard InChI is InChI=1S/C8H13N3O2/c1-8(2,3)11-7(12)13-6-9-4-5-10-6/h4-5H,1-3H3,(H,9,10)(H,11,12). The second-order valence-corrected chi connectivity index (χ2v) is 3.66. The van der Waals surface area contributed by atoms with Gasteiger partial charge in [0.05, 0.1) is 0 Å². The first-order valence-corrected chi connectivity index (χ1v) is 3.97. The SMILES string of the molecule is CC(C)(C)NC(=O)Oc1ncc[nH]1. The van der Waals surface area contributed by atoms with Crippen molar-refractivity contribution in [2.75, 3.05) is 0 Å². The Kier molecular flexibility index (Phi) is 2.55. The first-order valence-electron chi connectivity index (χ1n) is 3.97. The molecule has 1 aromatic rings. The van der Waals surface area contributed by atoms with Gasteiger partial charge in [0.1, 0.15) is 0 Å². The summed E-state index contributed by atoms with van der Waals surface area (Å²) in [6, 6.07) is 0.196. The quantitative estimate of drug-likeness (QED) is 0.689. The van der Waals surface area contributed by atoms with E-state index in [1.165, 1.54) is 6.20 Å². The summed E-state index contributed by atoms with van der Waals surface area (Å²) < 4.78 is 4.81. The summed E-state index contributed by atoms with van der Waals surface area (Å²) in [6.07, 6.45) is 2.59. The van der Waals surface area contributed by atoms with Gasteiger partial charge in [0, 0.05) is 17.9 Å². The Labute approximate surface area is 76.5 Å². The highest BCUT2D eigenvalue weighted by Crippen LogP contribution is 2.02. The lowest BCUT2D eigenvalue weighted by molar-refractivity contribution is 0.187. The second-order valence-electron chi connectivity index (χ2n) is 3.66. The lowest BCUT2D eigenvalue weighted by Gasteiger charge is -2.18. The largest absolute Gasteiger partial charge is 0.415 e. The van der Waals surface area contributed by atoms with Crippen molar-refractivity contribution in [1.29, 1.82) is 0 Å². The molecular formula is C8H13N3O2. The van der Waals surface area contributed by atoms with Crippen LogP contribution in [-0.2, 0) is 0 Å². The minimum absolute atomic E-state index is 0.196. The van der Waals surface area contributed by atoms with E-state index in [4.69, 9.17) is 4.74 Å². The molecule has 0 aliphatic heterocycles. The van der Waals surface area contributed by atoms with Gasteiger partial charge in [-0.15, -0.1) is 0 Å². The van der Waals surface area contributed by atoms with E-state index < -0.39 is 6.09 Å². The fourth-order valence-corrected chi connectivity index (χ4v) is 0.726. The van der Waals surface area contributed by atoms with E-state index in [0.717, 1.165) is 0 Å². The van der Waals surface area contributed by atoms with Gasteiger partial charge in [-0.3, -0.25) is 0 Å². The molecule has 72 valence electrons. The Bertz CT molecular complexity index is 274. The Morgan fingerprint density at radius 2 is 2.31 bits per heavy atom. The van der Waals surface area contributed by atoms with Crippen LogP contribution in [0.3, 0.4) is 0 Å². The van der Waals surface area contributed by atoms with Gasteiger partial charge in [-0.05, 0) is 20.8 Å². The van der Waals surface area contributed by atoms with E-state index in [-0.39, 0.29) is 11.5 Å². The number of imidazole rings is 1. The first-order chi connectivity index (χ1) is 5.97. The lowest BCUT2D eigenvalue weighted by Crippen LogP contribution is -2.42. The number of hydrogen-bond acceptors (Lipinski definition) is 3. The van der Waals surface area contributed by atoms with Crippen molar-refractivity contribution in [2.45, 2.75) is 26.3 Å². The van der Waals surface area contributed by atoms with Crippen LogP contribution in [-0.4, -0.2) is 21.6 Å². The molecule has 13 heavy (non-hydrogen) atoms. The maximum atomic E-state index is 11.1. The van der Waals surface area contributed by atoms with E-state index in [1.807, 2.05) is 20.8 Å². The fourth-order valence-electron chi connectivity index (χ4n) is 0.726. The predicted octanol–water partition coefficient (Wildman–Crippen LogP) is 1.30. The van der Waals surface area contributed by atoms with Gasteiger partial charge in [-0.1, -0.05) is 0 Å². The molecule has 5 nitrogen and oxygen atoms in total. The Morgan fingerprint density at radius 1 is 1.62 bits per heavy atom. The fraction of sp³-hybridized carbons (Fsp3) is 0.500. The predicted molar refractivity (Wildman–Crippen MR) is 47.5 cm³/mol. The Morgan fingerprint density at radius 3 is 2.77 bits per heavy atom. The van der Waals surface area contributed by atoms with Gasteiger partial charge in [-0.25, -0.2) is 9.78 Å². The van der Waals surface area contributed by atoms with Crippen LogP contribution in [0, 0.1) is 0 Å². The van der Waals surface area contributed by atoms with Crippen LogP contribution in [0.4, 0.5) is 4.79 Å². The highest BCUT2D eigenvalue weighted by atomic mass is 16.6. The molecule has 1 amide bonds. The third kappa shape index (κ3) is 3.59. The number of carbonyl (C=O) groups is 1. The molecule has 0 saturated heterocycles. The molecule has 5 heteroatoms. The van der Waals surface area contributed by atoms with Gasteiger partial charge in [0.25, 0.3) is 0 Å². The number of nitrogens with one attached hydrogen (secondary N) is 2. The van der Waals surface area contributed by atoms with Crippen molar-refractivity contribution >= 4 is 6.09 Å². The van der Waals surface area contributed by atoms with Crippen molar-refractivity contribution in [1.82, 2.24) is 15.3 Å². The summed E-state index contributed by atoms with van der Waals surface area (Å²) in [5.41, 5.74) is -0.302. The van der Waals surface area contributed by atoms with Crippen LogP contribution in [0.2, 0.25) is 0 Å². The number of nitrogens with zero attached hydrogens (tertiary/aromatic N) is 1. The number of ether oxygens (including phenoxy) is 1. The Hall–Kier alpha value is -1.52. The van der Waals surface area contributed by atoms with Crippen molar-refractivity contribution in [3.63, 3.8) is 0 Å². The minimum Gasteiger partial charge on any atom is -0.375 e. The number of carbonyl (C=O) groups excluding carboxylic acids is 1. The molecule has 2 N–H and O–H groups in total. The number of rotatable bonds is 1. The molecule has 0 atom stereocenters.